The number of hydrogen-bond acceptors (Lipinski definition) is 8. The zero-order valence-corrected chi connectivity index (χ0v) is 11.2. The van der Waals surface area contributed by atoms with Crippen molar-refractivity contribution in [2.75, 3.05) is 13.1 Å². The lowest BCUT2D eigenvalue weighted by Gasteiger charge is -2.23. The zero-order valence-electron chi connectivity index (χ0n) is 11.2. The maximum atomic E-state index is 12.4. The van der Waals surface area contributed by atoms with E-state index in [9.17, 15) is 14.9 Å². The molecule has 0 spiro atoms. The fourth-order valence-electron chi connectivity index (χ4n) is 2.03. The van der Waals surface area contributed by atoms with Gasteiger partial charge in [-0.25, -0.2) is 15.5 Å². The number of aromatic nitrogens is 2. The first-order valence-corrected chi connectivity index (χ1v) is 6.23. The fourth-order valence-corrected chi connectivity index (χ4v) is 2.03. The lowest BCUT2D eigenvalue weighted by molar-refractivity contribution is -0.517. The minimum absolute atomic E-state index is 0.117. The van der Waals surface area contributed by atoms with Crippen LogP contribution in [0.15, 0.2) is 4.63 Å². The van der Waals surface area contributed by atoms with Gasteiger partial charge < -0.3 is 4.90 Å². The summed E-state index contributed by atoms with van der Waals surface area (Å²) in [6.45, 7) is 4.26. The van der Waals surface area contributed by atoms with Crippen molar-refractivity contribution < 1.29 is 14.3 Å². The Labute approximate surface area is 114 Å². The minimum Gasteiger partial charge on any atom is -0.335 e. The molecule has 1 amide bonds. The Bertz CT molecular complexity index is 504. The maximum Gasteiger partial charge on any atom is 0.252 e. The summed E-state index contributed by atoms with van der Waals surface area (Å²) in [6.07, 6.45) is 0. The second kappa shape index (κ2) is 5.92. The standard InChI is InChI=1S/C10H16N6O4/c1-3-15(5-7-6(2)13-20-14-7)10(17)9-8(16(18)19)4-11-12-9/h8-9,11-12H,3-5H2,1-2H3. The maximum absolute atomic E-state index is 12.4. The SMILES string of the molecule is CCN(Cc1nonc1C)C(=O)C1NNCC1[N+](=O)[O-]. The van der Waals surface area contributed by atoms with Gasteiger partial charge >= 0.3 is 0 Å². The Morgan fingerprint density at radius 1 is 1.60 bits per heavy atom. The Hall–Kier alpha value is -2.07. The van der Waals surface area contributed by atoms with Crippen molar-refractivity contribution >= 4 is 5.91 Å². The first kappa shape index (κ1) is 14.3. The van der Waals surface area contributed by atoms with Crippen molar-refractivity contribution in [3.8, 4) is 0 Å². The summed E-state index contributed by atoms with van der Waals surface area (Å²) in [5, 5.41) is 18.3. The number of carbonyl (C=O) groups is 1. The van der Waals surface area contributed by atoms with Crippen molar-refractivity contribution in [2.45, 2.75) is 32.5 Å². The van der Waals surface area contributed by atoms with Crippen LogP contribution in [0.5, 0.6) is 0 Å². The molecule has 0 bridgehead atoms. The van der Waals surface area contributed by atoms with Crippen LogP contribution in [-0.2, 0) is 11.3 Å². The Morgan fingerprint density at radius 3 is 2.90 bits per heavy atom. The van der Waals surface area contributed by atoms with Gasteiger partial charge in [0, 0.05) is 11.5 Å². The van der Waals surface area contributed by atoms with Crippen LogP contribution in [0.3, 0.4) is 0 Å². The van der Waals surface area contributed by atoms with E-state index in [0.29, 0.717) is 17.9 Å². The Morgan fingerprint density at radius 2 is 2.35 bits per heavy atom. The number of rotatable bonds is 5. The molecule has 0 saturated carbocycles. The topological polar surface area (TPSA) is 126 Å². The Kier molecular flexibility index (Phi) is 4.25. The van der Waals surface area contributed by atoms with Crippen LogP contribution in [0.4, 0.5) is 0 Å². The quantitative estimate of drug-likeness (QED) is 0.512. The van der Waals surface area contributed by atoms with E-state index in [1.807, 2.05) is 0 Å². The molecule has 2 atom stereocenters. The highest BCUT2D eigenvalue weighted by molar-refractivity contribution is 5.82. The molecular formula is C10H16N6O4. The van der Waals surface area contributed by atoms with Crippen molar-refractivity contribution in [3.63, 3.8) is 0 Å². The highest BCUT2D eigenvalue weighted by Crippen LogP contribution is 2.11. The van der Waals surface area contributed by atoms with Gasteiger partial charge in [-0.1, -0.05) is 10.3 Å². The van der Waals surface area contributed by atoms with Gasteiger partial charge in [0.25, 0.3) is 6.04 Å². The van der Waals surface area contributed by atoms with E-state index in [2.05, 4.69) is 25.8 Å². The average molecular weight is 284 g/mol. The van der Waals surface area contributed by atoms with Crippen LogP contribution >= 0.6 is 0 Å². The number of likely N-dealkylation sites (N-methyl/N-ethyl adjacent to an activating group) is 1. The summed E-state index contributed by atoms with van der Waals surface area (Å²) in [5.74, 6) is -0.346. The molecule has 0 aromatic carbocycles. The third-order valence-corrected chi connectivity index (χ3v) is 3.27. The van der Waals surface area contributed by atoms with E-state index in [1.165, 1.54) is 4.90 Å². The summed E-state index contributed by atoms with van der Waals surface area (Å²) in [4.78, 5) is 24.3. The molecule has 2 rings (SSSR count). The predicted molar refractivity (Wildman–Crippen MR) is 65.8 cm³/mol. The second-order valence-corrected chi connectivity index (χ2v) is 4.50. The molecule has 0 aliphatic carbocycles. The van der Waals surface area contributed by atoms with Crippen molar-refractivity contribution in [1.29, 1.82) is 0 Å². The van der Waals surface area contributed by atoms with Crippen LogP contribution in [-0.4, -0.2) is 51.2 Å². The largest absolute Gasteiger partial charge is 0.335 e. The number of carbonyl (C=O) groups excluding carboxylic acids is 1. The molecule has 110 valence electrons. The highest BCUT2D eigenvalue weighted by Gasteiger charge is 2.43. The molecule has 1 fully saturated rings. The van der Waals surface area contributed by atoms with Crippen molar-refractivity contribution in [2.24, 2.45) is 0 Å². The number of hydrazine groups is 1. The van der Waals surface area contributed by atoms with Gasteiger partial charge in [-0.05, 0) is 13.8 Å². The van der Waals surface area contributed by atoms with Crippen LogP contribution in [0.25, 0.3) is 0 Å². The van der Waals surface area contributed by atoms with E-state index in [4.69, 9.17) is 0 Å². The van der Waals surface area contributed by atoms with Crippen LogP contribution in [0.2, 0.25) is 0 Å². The number of nitro groups is 1. The molecule has 1 saturated heterocycles. The van der Waals surface area contributed by atoms with Crippen LogP contribution in [0.1, 0.15) is 18.3 Å². The summed E-state index contributed by atoms with van der Waals surface area (Å²) >= 11 is 0. The van der Waals surface area contributed by atoms with E-state index < -0.39 is 17.0 Å². The highest BCUT2D eigenvalue weighted by atomic mass is 16.6. The van der Waals surface area contributed by atoms with Gasteiger partial charge in [0.05, 0.1) is 13.1 Å². The molecule has 0 radical (unpaired) electrons. The Balaban J connectivity index is 2.09. The van der Waals surface area contributed by atoms with Crippen molar-refractivity contribution in [3.05, 3.63) is 21.5 Å². The van der Waals surface area contributed by atoms with E-state index in [-0.39, 0.29) is 19.0 Å². The van der Waals surface area contributed by atoms with Gasteiger partial charge in [-0.15, -0.1) is 0 Å². The fraction of sp³-hybridized carbons (Fsp3) is 0.700. The summed E-state index contributed by atoms with van der Waals surface area (Å²) in [6, 6.07) is -1.86. The molecular weight excluding hydrogens is 268 g/mol. The predicted octanol–water partition coefficient (Wildman–Crippen LogP) is -1.15. The number of aryl methyl sites for hydroxylation is 1. The van der Waals surface area contributed by atoms with Crippen LogP contribution < -0.4 is 10.9 Å². The van der Waals surface area contributed by atoms with Gasteiger partial charge in [-0.3, -0.25) is 14.9 Å². The van der Waals surface area contributed by atoms with E-state index >= 15 is 0 Å². The second-order valence-electron chi connectivity index (χ2n) is 4.50. The average Bonchev–Trinajstić information content (AvgIpc) is 3.04. The van der Waals surface area contributed by atoms with Gasteiger partial charge in [0.15, 0.2) is 6.04 Å². The van der Waals surface area contributed by atoms with Gasteiger partial charge in [-0.2, -0.15) is 0 Å². The summed E-state index contributed by atoms with van der Waals surface area (Å²) in [7, 11) is 0. The number of nitrogens with zero attached hydrogens (tertiary/aromatic N) is 4. The van der Waals surface area contributed by atoms with E-state index in [0.717, 1.165) is 0 Å². The summed E-state index contributed by atoms with van der Waals surface area (Å²) in [5.41, 5.74) is 6.44. The number of amides is 1. The van der Waals surface area contributed by atoms with Gasteiger partial charge in [0.1, 0.15) is 11.4 Å². The molecule has 1 aromatic rings. The van der Waals surface area contributed by atoms with Crippen molar-refractivity contribution in [1.82, 2.24) is 26.1 Å². The molecule has 2 N–H and O–H groups in total. The molecule has 2 unspecified atom stereocenters. The third kappa shape index (κ3) is 2.75. The molecule has 20 heavy (non-hydrogen) atoms. The molecule has 1 aliphatic rings. The summed E-state index contributed by atoms with van der Waals surface area (Å²) < 4.78 is 4.58. The molecule has 2 heterocycles. The minimum atomic E-state index is -0.979. The van der Waals surface area contributed by atoms with Gasteiger partial charge in [0.2, 0.25) is 5.91 Å². The molecule has 1 aromatic heterocycles. The third-order valence-electron chi connectivity index (χ3n) is 3.27. The van der Waals surface area contributed by atoms with Crippen LogP contribution in [0, 0.1) is 17.0 Å². The molecule has 10 heteroatoms. The zero-order chi connectivity index (χ0) is 14.7. The normalized spacial score (nSPS) is 21.9. The number of hydrogen-bond donors (Lipinski definition) is 2. The molecule has 10 nitrogen and oxygen atoms in total. The lowest BCUT2D eigenvalue weighted by atomic mass is 10.1. The number of nitrogens with one attached hydrogen (secondary N) is 2. The smallest absolute Gasteiger partial charge is 0.252 e. The monoisotopic (exact) mass is 284 g/mol. The van der Waals surface area contributed by atoms with E-state index in [1.54, 1.807) is 13.8 Å². The molecule has 1 aliphatic heterocycles. The first-order valence-electron chi connectivity index (χ1n) is 6.23. The first-order chi connectivity index (χ1) is 9.54. The lowest BCUT2D eigenvalue weighted by Crippen LogP contribution is -2.51.